The molecule has 0 radical (unpaired) electrons. The molecule has 0 bridgehead atoms. The van der Waals surface area contributed by atoms with E-state index in [2.05, 4.69) is 0 Å². The molecule has 1 aromatic rings. The highest BCUT2D eigenvalue weighted by Gasteiger charge is 2.15. The highest BCUT2D eigenvalue weighted by Crippen LogP contribution is 2.22. The highest BCUT2D eigenvalue weighted by molar-refractivity contribution is 6.31. The maximum atomic E-state index is 11.5. The zero-order valence-electron chi connectivity index (χ0n) is 10.9. The first-order valence-corrected chi connectivity index (χ1v) is 6.10. The summed E-state index contributed by atoms with van der Waals surface area (Å²) in [5.41, 5.74) is 0.684. The monoisotopic (exact) mass is 270 g/mol. The van der Waals surface area contributed by atoms with Gasteiger partial charge in [0.15, 0.2) is 0 Å². The van der Waals surface area contributed by atoms with Crippen LogP contribution in [0.2, 0.25) is 5.02 Å². The molecule has 100 valence electrons. The summed E-state index contributed by atoms with van der Waals surface area (Å²) in [5, 5.41) is 10.6. The summed E-state index contributed by atoms with van der Waals surface area (Å²) < 4.78 is 0. The maximum absolute atomic E-state index is 11.5. The molecule has 0 aliphatic heterocycles. The third-order valence-corrected chi connectivity index (χ3v) is 3.00. The molecule has 1 aromatic carbocycles. The number of amides is 1. The Hall–Kier alpha value is -1.10. The molecule has 0 spiro atoms. The molecule has 1 atom stereocenters. The van der Waals surface area contributed by atoms with Gasteiger partial charge in [-0.3, -0.25) is 9.69 Å². The van der Waals surface area contributed by atoms with Crippen LogP contribution >= 0.6 is 11.6 Å². The molecule has 0 fully saturated rings. The number of nitrogens with zero attached hydrogens (tertiary/aromatic N) is 2. The van der Waals surface area contributed by atoms with Gasteiger partial charge in [-0.1, -0.05) is 29.8 Å². The number of halogens is 1. The molecule has 0 aromatic heterocycles. The Balaban J connectivity index is 2.57. The molecule has 0 saturated heterocycles. The quantitative estimate of drug-likeness (QED) is 0.879. The van der Waals surface area contributed by atoms with Gasteiger partial charge in [0.25, 0.3) is 0 Å². The first-order chi connectivity index (χ1) is 8.41. The second-order valence-electron chi connectivity index (χ2n) is 4.52. The van der Waals surface area contributed by atoms with Gasteiger partial charge in [-0.15, -0.1) is 0 Å². The van der Waals surface area contributed by atoms with E-state index in [0.717, 1.165) is 0 Å². The third kappa shape index (κ3) is 4.29. The number of aliphatic hydroxyl groups excluding tert-OH is 1. The number of aliphatic hydroxyl groups is 1. The largest absolute Gasteiger partial charge is 0.387 e. The van der Waals surface area contributed by atoms with Gasteiger partial charge in [0.2, 0.25) is 5.91 Å². The maximum Gasteiger partial charge on any atom is 0.236 e. The third-order valence-electron chi connectivity index (χ3n) is 2.65. The zero-order chi connectivity index (χ0) is 13.7. The molecule has 5 heteroatoms. The molecule has 0 heterocycles. The molecule has 1 rings (SSSR count). The average Bonchev–Trinajstić information content (AvgIpc) is 2.28. The highest BCUT2D eigenvalue weighted by atomic mass is 35.5. The van der Waals surface area contributed by atoms with Crippen molar-refractivity contribution in [2.45, 2.75) is 6.10 Å². The van der Waals surface area contributed by atoms with Crippen LogP contribution < -0.4 is 0 Å². The summed E-state index contributed by atoms with van der Waals surface area (Å²) in [6, 6.07) is 7.17. The molecule has 0 saturated carbocycles. The minimum Gasteiger partial charge on any atom is -0.387 e. The van der Waals surface area contributed by atoms with Gasteiger partial charge in [0.05, 0.1) is 12.6 Å². The number of hydrogen-bond donors (Lipinski definition) is 1. The van der Waals surface area contributed by atoms with E-state index in [4.69, 9.17) is 11.6 Å². The van der Waals surface area contributed by atoms with Gasteiger partial charge in [-0.25, -0.2) is 0 Å². The van der Waals surface area contributed by atoms with Crippen LogP contribution in [-0.4, -0.2) is 55.0 Å². The predicted molar refractivity (Wildman–Crippen MR) is 72.6 cm³/mol. The van der Waals surface area contributed by atoms with Crippen LogP contribution in [0.5, 0.6) is 0 Å². The van der Waals surface area contributed by atoms with Crippen LogP contribution in [0.25, 0.3) is 0 Å². The van der Waals surface area contributed by atoms with Crippen LogP contribution in [0.3, 0.4) is 0 Å². The van der Waals surface area contributed by atoms with Gasteiger partial charge in [-0.05, 0) is 13.1 Å². The van der Waals surface area contributed by atoms with Crippen molar-refractivity contribution in [3.05, 3.63) is 34.9 Å². The van der Waals surface area contributed by atoms with Crippen LogP contribution in [0.1, 0.15) is 11.7 Å². The van der Waals surface area contributed by atoms with E-state index in [-0.39, 0.29) is 12.5 Å². The van der Waals surface area contributed by atoms with Gasteiger partial charge >= 0.3 is 0 Å². The van der Waals surface area contributed by atoms with Crippen molar-refractivity contribution in [3.63, 3.8) is 0 Å². The minimum atomic E-state index is -0.696. The summed E-state index contributed by atoms with van der Waals surface area (Å²) in [6.07, 6.45) is -0.696. The Morgan fingerprint density at radius 1 is 1.33 bits per heavy atom. The molecule has 0 aliphatic rings. The van der Waals surface area contributed by atoms with Crippen molar-refractivity contribution in [1.82, 2.24) is 9.80 Å². The number of carbonyl (C=O) groups is 1. The summed E-state index contributed by atoms with van der Waals surface area (Å²) in [7, 11) is 5.21. The first kappa shape index (κ1) is 15.0. The van der Waals surface area contributed by atoms with Gasteiger partial charge in [0.1, 0.15) is 0 Å². The van der Waals surface area contributed by atoms with Gasteiger partial charge < -0.3 is 10.0 Å². The molecular weight excluding hydrogens is 252 g/mol. The number of hydrogen-bond acceptors (Lipinski definition) is 3. The Bertz CT molecular complexity index is 410. The number of rotatable bonds is 5. The van der Waals surface area contributed by atoms with Crippen LogP contribution in [0.15, 0.2) is 24.3 Å². The lowest BCUT2D eigenvalue weighted by Gasteiger charge is -2.22. The number of benzene rings is 1. The second kappa shape index (κ2) is 6.73. The first-order valence-electron chi connectivity index (χ1n) is 5.73. The van der Waals surface area contributed by atoms with Crippen molar-refractivity contribution < 1.29 is 9.90 Å². The van der Waals surface area contributed by atoms with E-state index >= 15 is 0 Å². The van der Waals surface area contributed by atoms with Crippen LogP contribution in [0, 0.1) is 0 Å². The van der Waals surface area contributed by atoms with E-state index < -0.39 is 6.10 Å². The minimum absolute atomic E-state index is 0.00357. The van der Waals surface area contributed by atoms with Crippen molar-refractivity contribution in [3.8, 4) is 0 Å². The number of carbonyl (C=O) groups excluding carboxylic acids is 1. The lowest BCUT2D eigenvalue weighted by atomic mass is 10.1. The molecule has 18 heavy (non-hydrogen) atoms. The smallest absolute Gasteiger partial charge is 0.236 e. The summed E-state index contributed by atoms with van der Waals surface area (Å²) in [6.45, 7) is 0.637. The van der Waals surface area contributed by atoms with Crippen molar-refractivity contribution in [1.29, 1.82) is 0 Å². The summed E-state index contributed by atoms with van der Waals surface area (Å²) in [5.74, 6) is 0.00357. The topological polar surface area (TPSA) is 43.8 Å². The van der Waals surface area contributed by atoms with E-state index in [1.165, 1.54) is 4.90 Å². The molecule has 4 nitrogen and oxygen atoms in total. The summed E-state index contributed by atoms with van der Waals surface area (Å²) in [4.78, 5) is 14.8. The fourth-order valence-electron chi connectivity index (χ4n) is 1.58. The average molecular weight is 271 g/mol. The molecule has 1 N–H and O–H groups in total. The van der Waals surface area contributed by atoms with Crippen LogP contribution in [0.4, 0.5) is 0 Å². The fourth-order valence-corrected chi connectivity index (χ4v) is 1.84. The molecule has 1 unspecified atom stereocenters. The predicted octanol–water partition coefficient (Wildman–Crippen LogP) is 1.39. The van der Waals surface area contributed by atoms with Crippen LogP contribution in [-0.2, 0) is 4.79 Å². The van der Waals surface area contributed by atoms with E-state index in [1.54, 1.807) is 38.2 Å². The van der Waals surface area contributed by atoms with Crippen molar-refractivity contribution >= 4 is 17.5 Å². The molecule has 1 amide bonds. The van der Waals surface area contributed by atoms with E-state index in [9.17, 15) is 9.90 Å². The Kier molecular flexibility index (Phi) is 5.59. The van der Waals surface area contributed by atoms with E-state index in [1.807, 2.05) is 12.1 Å². The van der Waals surface area contributed by atoms with Crippen molar-refractivity contribution in [2.24, 2.45) is 0 Å². The Labute approximate surface area is 113 Å². The summed E-state index contributed by atoms with van der Waals surface area (Å²) >= 11 is 6.01. The SMILES string of the molecule is CN(CC(=O)N(C)C)CC(O)c1ccccc1Cl. The van der Waals surface area contributed by atoms with Gasteiger partial charge in [-0.2, -0.15) is 0 Å². The van der Waals surface area contributed by atoms with Crippen molar-refractivity contribution in [2.75, 3.05) is 34.2 Å². The fraction of sp³-hybridized carbons (Fsp3) is 0.462. The Morgan fingerprint density at radius 3 is 2.50 bits per heavy atom. The second-order valence-corrected chi connectivity index (χ2v) is 4.93. The lowest BCUT2D eigenvalue weighted by Crippen LogP contribution is -2.36. The van der Waals surface area contributed by atoms with Gasteiger partial charge in [0, 0.05) is 31.2 Å². The Morgan fingerprint density at radius 2 is 1.94 bits per heavy atom. The lowest BCUT2D eigenvalue weighted by molar-refractivity contribution is -0.129. The zero-order valence-corrected chi connectivity index (χ0v) is 11.7. The normalized spacial score (nSPS) is 12.6. The van der Waals surface area contributed by atoms with E-state index in [0.29, 0.717) is 17.1 Å². The molecular formula is C13H19ClN2O2. The number of likely N-dealkylation sites (N-methyl/N-ethyl adjacent to an activating group) is 2. The molecule has 0 aliphatic carbocycles. The standard InChI is InChI=1S/C13H19ClN2O2/c1-15(2)13(18)9-16(3)8-12(17)10-6-4-5-7-11(10)14/h4-7,12,17H,8-9H2,1-3H3.